The summed E-state index contributed by atoms with van der Waals surface area (Å²) in [6.45, 7) is 2.45. The van der Waals surface area contributed by atoms with Crippen molar-refractivity contribution in [2.45, 2.75) is 25.8 Å². The van der Waals surface area contributed by atoms with E-state index in [2.05, 4.69) is 15.2 Å². The van der Waals surface area contributed by atoms with Gasteiger partial charge in [0, 0.05) is 29.8 Å². The molecule has 1 aliphatic rings. The number of likely N-dealkylation sites (tertiary alicyclic amines) is 1. The third-order valence-electron chi connectivity index (χ3n) is 3.83. The molecule has 1 saturated heterocycles. The van der Waals surface area contributed by atoms with Crippen LogP contribution in [-0.4, -0.2) is 32.5 Å². The highest BCUT2D eigenvalue weighted by Gasteiger charge is 2.35. The Morgan fingerprint density at radius 2 is 2.30 bits per heavy atom. The van der Waals surface area contributed by atoms with Crippen molar-refractivity contribution < 1.29 is 9.21 Å². The number of thiophene rings is 1. The van der Waals surface area contributed by atoms with E-state index in [-0.39, 0.29) is 11.9 Å². The first kappa shape index (κ1) is 14.5. The molecule has 6 nitrogen and oxygen atoms in total. The van der Waals surface area contributed by atoms with E-state index in [1.54, 1.807) is 23.2 Å². The fourth-order valence-electron chi connectivity index (χ4n) is 2.75. The maximum Gasteiger partial charge on any atom is 0.274 e. The first-order valence-corrected chi connectivity index (χ1v) is 9.13. The highest BCUT2D eigenvalue weighted by molar-refractivity contribution is 7.14. The van der Waals surface area contributed by atoms with E-state index in [9.17, 15) is 4.79 Å². The van der Waals surface area contributed by atoms with Gasteiger partial charge in [0.15, 0.2) is 0 Å². The lowest BCUT2D eigenvalue weighted by molar-refractivity contribution is 0.0709. The minimum absolute atomic E-state index is 0.0684. The van der Waals surface area contributed by atoms with Gasteiger partial charge in [0.05, 0.1) is 0 Å². The van der Waals surface area contributed by atoms with Crippen molar-refractivity contribution in [2.75, 3.05) is 6.54 Å². The average Bonchev–Trinajstić information content (AvgIpc) is 3.31. The Kier molecular flexibility index (Phi) is 3.70. The van der Waals surface area contributed by atoms with Gasteiger partial charge in [0.2, 0.25) is 11.8 Å². The van der Waals surface area contributed by atoms with Gasteiger partial charge in [-0.25, -0.2) is 4.98 Å². The van der Waals surface area contributed by atoms with Crippen molar-refractivity contribution in [3.63, 3.8) is 0 Å². The van der Waals surface area contributed by atoms with E-state index in [0.717, 1.165) is 23.4 Å². The summed E-state index contributed by atoms with van der Waals surface area (Å²) in [5.41, 5.74) is 1.55. The van der Waals surface area contributed by atoms with Gasteiger partial charge < -0.3 is 9.32 Å². The maximum atomic E-state index is 12.8. The van der Waals surface area contributed by atoms with E-state index in [0.29, 0.717) is 24.0 Å². The Bertz CT molecular complexity index is 824. The summed E-state index contributed by atoms with van der Waals surface area (Å²) in [5, 5.41) is 14.7. The molecule has 0 spiro atoms. The number of amides is 1. The Hall–Kier alpha value is -2.06. The van der Waals surface area contributed by atoms with Gasteiger partial charge in [-0.1, -0.05) is 0 Å². The Balaban J connectivity index is 1.58. The lowest BCUT2D eigenvalue weighted by atomic mass is 10.2. The van der Waals surface area contributed by atoms with Gasteiger partial charge in [0.25, 0.3) is 5.91 Å². The van der Waals surface area contributed by atoms with Crippen molar-refractivity contribution in [3.8, 4) is 10.6 Å². The molecule has 0 radical (unpaired) electrons. The van der Waals surface area contributed by atoms with Crippen LogP contribution in [0.25, 0.3) is 10.6 Å². The number of carbonyl (C=O) groups is 1. The molecule has 0 N–H and O–H groups in total. The van der Waals surface area contributed by atoms with E-state index in [1.807, 2.05) is 22.2 Å². The molecule has 4 heterocycles. The molecule has 1 aliphatic heterocycles. The molecule has 3 aromatic rings. The largest absolute Gasteiger partial charge is 0.423 e. The predicted molar refractivity (Wildman–Crippen MR) is 87.5 cm³/mol. The fraction of sp³-hybridized carbons (Fsp3) is 0.333. The second-order valence-electron chi connectivity index (χ2n) is 5.37. The number of aromatic nitrogens is 3. The molecule has 3 aromatic heterocycles. The van der Waals surface area contributed by atoms with Crippen LogP contribution in [0.3, 0.4) is 0 Å². The molecule has 0 saturated carbocycles. The number of aryl methyl sites for hydroxylation is 1. The summed E-state index contributed by atoms with van der Waals surface area (Å²) in [6.07, 6.45) is 1.77. The summed E-state index contributed by atoms with van der Waals surface area (Å²) < 4.78 is 5.52. The topological polar surface area (TPSA) is 72.1 Å². The van der Waals surface area contributed by atoms with Gasteiger partial charge in [-0.2, -0.15) is 11.3 Å². The monoisotopic (exact) mass is 346 g/mol. The third-order valence-corrected chi connectivity index (χ3v) is 5.41. The second kappa shape index (κ2) is 5.86. The standard InChI is InChI=1S/C15H14N4O2S2/c1-9-17-18-13(21-9)12-3-2-5-19(12)15(20)11-8-23-14(16-11)10-4-6-22-7-10/h4,6-8,12H,2-3,5H2,1H3. The first-order valence-electron chi connectivity index (χ1n) is 7.31. The zero-order valence-corrected chi connectivity index (χ0v) is 14.1. The Morgan fingerprint density at radius 1 is 1.39 bits per heavy atom. The van der Waals surface area contributed by atoms with Crippen LogP contribution >= 0.6 is 22.7 Å². The van der Waals surface area contributed by atoms with Crippen molar-refractivity contribution in [2.24, 2.45) is 0 Å². The summed E-state index contributed by atoms with van der Waals surface area (Å²) in [6, 6.07) is 1.87. The average molecular weight is 346 g/mol. The third kappa shape index (κ3) is 2.68. The van der Waals surface area contributed by atoms with Gasteiger partial charge in [-0.15, -0.1) is 21.5 Å². The molecule has 23 heavy (non-hydrogen) atoms. The minimum atomic E-state index is -0.144. The van der Waals surface area contributed by atoms with E-state index in [1.165, 1.54) is 11.3 Å². The number of rotatable bonds is 3. The normalized spacial score (nSPS) is 17.8. The Morgan fingerprint density at radius 3 is 3.04 bits per heavy atom. The van der Waals surface area contributed by atoms with Crippen LogP contribution in [0.5, 0.6) is 0 Å². The molecule has 118 valence electrons. The van der Waals surface area contributed by atoms with Crippen LogP contribution < -0.4 is 0 Å². The van der Waals surface area contributed by atoms with Crippen molar-refractivity contribution in [1.82, 2.24) is 20.1 Å². The maximum absolute atomic E-state index is 12.8. The van der Waals surface area contributed by atoms with Gasteiger partial charge in [0.1, 0.15) is 16.7 Å². The highest BCUT2D eigenvalue weighted by Crippen LogP contribution is 2.33. The van der Waals surface area contributed by atoms with E-state index < -0.39 is 0 Å². The first-order chi connectivity index (χ1) is 11.2. The zero-order valence-electron chi connectivity index (χ0n) is 12.4. The molecule has 1 fully saturated rings. The minimum Gasteiger partial charge on any atom is -0.423 e. The van der Waals surface area contributed by atoms with Crippen LogP contribution in [0.2, 0.25) is 0 Å². The van der Waals surface area contributed by atoms with Crippen LogP contribution in [-0.2, 0) is 0 Å². The van der Waals surface area contributed by atoms with Crippen molar-refractivity contribution in [1.29, 1.82) is 0 Å². The second-order valence-corrected chi connectivity index (χ2v) is 7.00. The number of nitrogens with zero attached hydrogens (tertiary/aromatic N) is 4. The smallest absolute Gasteiger partial charge is 0.274 e. The molecule has 8 heteroatoms. The molecule has 0 aliphatic carbocycles. The molecule has 4 rings (SSSR count). The molecule has 1 amide bonds. The quantitative estimate of drug-likeness (QED) is 0.725. The van der Waals surface area contributed by atoms with Crippen molar-refractivity contribution >= 4 is 28.6 Å². The molecular formula is C15H14N4O2S2. The van der Waals surface area contributed by atoms with Crippen LogP contribution in [0.1, 0.15) is 41.2 Å². The zero-order chi connectivity index (χ0) is 15.8. The number of hydrogen-bond donors (Lipinski definition) is 0. The van der Waals surface area contributed by atoms with Crippen molar-refractivity contribution in [3.05, 3.63) is 39.7 Å². The Labute approximate surface area is 140 Å². The van der Waals surface area contributed by atoms with Gasteiger partial charge in [-0.3, -0.25) is 4.79 Å². The summed E-state index contributed by atoms with van der Waals surface area (Å²) in [7, 11) is 0. The van der Waals surface area contributed by atoms with E-state index >= 15 is 0 Å². The molecule has 0 aromatic carbocycles. The lowest BCUT2D eigenvalue weighted by Crippen LogP contribution is -2.31. The molecular weight excluding hydrogens is 332 g/mol. The number of hydrogen-bond acceptors (Lipinski definition) is 7. The summed E-state index contributed by atoms with van der Waals surface area (Å²) >= 11 is 3.11. The molecule has 1 unspecified atom stereocenters. The van der Waals surface area contributed by atoms with Gasteiger partial charge >= 0.3 is 0 Å². The highest BCUT2D eigenvalue weighted by atomic mass is 32.1. The molecule has 1 atom stereocenters. The van der Waals surface area contributed by atoms with Crippen LogP contribution in [0.4, 0.5) is 0 Å². The molecule has 0 bridgehead atoms. The lowest BCUT2D eigenvalue weighted by Gasteiger charge is -2.20. The fourth-order valence-corrected chi connectivity index (χ4v) is 4.26. The van der Waals surface area contributed by atoms with E-state index in [4.69, 9.17) is 4.42 Å². The summed E-state index contributed by atoms with van der Waals surface area (Å²) in [4.78, 5) is 19.1. The SMILES string of the molecule is Cc1nnc(C2CCCN2C(=O)c2csc(-c3ccsc3)n2)o1. The predicted octanol–water partition coefficient (Wildman–Crippen LogP) is 3.54. The number of carbonyl (C=O) groups excluding carboxylic acids is 1. The van der Waals surface area contributed by atoms with Gasteiger partial charge in [-0.05, 0) is 24.3 Å². The van der Waals surface area contributed by atoms with Crippen LogP contribution in [0, 0.1) is 6.92 Å². The summed E-state index contributed by atoms with van der Waals surface area (Å²) in [5.74, 6) is 0.968. The van der Waals surface area contributed by atoms with Crippen LogP contribution in [0.15, 0.2) is 26.6 Å². The number of thiazole rings is 1.